The van der Waals surface area contributed by atoms with Gasteiger partial charge in [0, 0.05) is 18.2 Å². The van der Waals surface area contributed by atoms with Gasteiger partial charge in [-0.05, 0) is 12.5 Å². The van der Waals surface area contributed by atoms with Gasteiger partial charge in [0.15, 0.2) is 0 Å². The van der Waals surface area contributed by atoms with Crippen LogP contribution in [0.2, 0.25) is 0 Å². The first-order chi connectivity index (χ1) is 10.8. The van der Waals surface area contributed by atoms with Gasteiger partial charge in [-0.15, -0.1) is 0 Å². The molecular formula is C18H25N2O2+. The van der Waals surface area contributed by atoms with E-state index in [1.165, 1.54) is 16.0 Å². The Morgan fingerprint density at radius 1 is 1.23 bits per heavy atom. The zero-order chi connectivity index (χ0) is 15.6. The van der Waals surface area contributed by atoms with Gasteiger partial charge in [0.25, 0.3) is 0 Å². The fraction of sp³-hybridized carbons (Fsp3) is 0.389. The highest BCUT2D eigenvalue weighted by atomic mass is 16.5. The molecule has 2 rings (SSSR count). The summed E-state index contributed by atoms with van der Waals surface area (Å²) in [6.07, 6.45) is 7.04. The maximum atomic E-state index is 11.7. The molecule has 0 unspecified atom stereocenters. The van der Waals surface area contributed by atoms with Crippen LogP contribution in [0.15, 0.2) is 48.6 Å². The van der Waals surface area contributed by atoms with Crippen LogP contribution in [0.3, 0.4) is 0 Å². The van der Waals surface area contributed by atoms with E-state index in [2.05, 4.69) is 23.5 Å². The van der Waals surface area contributed by atoms with Crippen molar-refractivity contribution in [1.82, 2.24) is 5.32 Å². The fourth-order valence-electron chi connectivity index (χ4n) is 2.50. The Morgan fingerprint density at radius 3 is 2.68 bits per heavy atom. The van der Waals surface area contributed by atoms with Crippen molar-refractivity contribution in [3.05, 3.63) is 59.7 Å². The Morgan fingerprint density at radius 2 is 1.95 bits per heavy atom. The van der Waals surface area contributed by atoms with Crippen molar-refractivity contribution in [2.45, 2.75) is 20.0 Å². The molecule has 4 heteroatoms. The van der Waals surface area contributed by atoms with Crippen LogP contribution in [0.1, 0.15) is 18.1 Å². The molecular weight excluding hydrogens is 276 g/mol. The molecule has 118 valence electrons. The maximum absolute atomic E-state index is 11.7. The van der Waals surface area contributed by atoms with Crippen molar-refractivity contribution in [1.29, 1.82) is 0 Å². The number of carbonyl (C=O) groups is 1. The van der Waals surface area contributed by atoms with E-state index >= 15 is 0 Å². The molecule has 1 fully saturated rings. The molecule has 0 aliphatic carbocycles. The Balaban J connectivity index is 1.91. The van der Waals surface area contributed by atoms with Crippen LogP contribution in [0, 0.1) is 0 Å². The fourth-order valence-corrected chi connectivity index (χ4v) is 2.50. The third kappa shape index (κ3) is 5.47. The van der Waals surface area contributed by atoms with Gasteiger partial charge in [0.1, 0.15) is 19.6 Å². The van der Waals surface area contributed by atoms with Crippen LogP contribution in [0.5, 0.6) is 0 Å². The van der Waals surface area contributed by atoms with Crippen molar-refractivity contribution in [2.24, 2.45) is 0 Å². The number of hydrogen-bond donors (Lipinski definition) is 2. The Kier molecular flexibility index (Phi) is 6.87. The lowest BCUT2D eigenvalue weighted by molar-refractivity contribution is -0.921. The Hall–Kier alpha value is -1.91. The first-order valence-electron chi connectivity index (χ1n) is 7.85. The standard InChI is InChI=1S/C18H24N2O2/c1-2-3-4-9-18(21)19-14-16-7-5-6-8-17(16)15-20-10-12-22-13-11-20/h2-9H,10-15H2,1H3,(H,19,21)/p+1/b3-2+,9-4+. The number of hydrogen-bond acceptors (Lipinski definition) is 2. The zero-order valence-electron chi connectivity index (χ0n) is 13.2. The second-order valence-corrected chi connectivity index (χ2v) is 5.41. The molecule has 1 aromatic carbocycles. The van der Waals surface area contributed by atoms with Gasteiger partial charge in [-0.25, -0.2) is 0 Å². The molecule has 1 heterocycles. The molecule has 0 atom stereocenters. The first-order valence-corrected chi connectivity index (χ1v) is 7.85. The lowest BCUT2D eigenvalue weighted by Gasteiger charge is -2.24. The van der Waals surface area contributed by atoms with E-state index in [0.29, 0.717) is 6.54 Å². The summed E-state index contributed by atoms with van der Waals surface area (Å²) in [7, 11) is 0. The molecule has 1 aromatic rings. The molecule has 2 N–H and O–H groups in total. The number of ether oxygens (including phenoxy) is 1. The van der Waals surface area contributed by atoms with Gasteiger partial charge >= 0.3 is 0 Å². The predicted octanol–water partition coefficient (Wildman–Crippen LogP) is 0.850. The lowest BCUT2D eigenvalue weighted by atomic mass is 10.1. The van der Waals surface area contributed by atoms with E-state index in [9.17, 15) is 4.79 Å². The number of morpholine rings is 1. The minimum absolute atomic E-state index is 0.0633. The van der Waals surface area contributed by atoms with Crippen LogP contribution in [0.4, 0.5) is 0 Å². The highest BCUT2D eigenvalue weighted by Gasteiger charge is 2.15. The average Bonchev–Trinajstić information content (AvgIpc) is 2.55. The summed E-state index contributed by atoms with van der Waals surface area (Å²) in [6.45, 7) is 7.25. The van der Waals surface area contributed by atoms with Gasteiger partial charge < -0.3 is 15.0 Å². The Bertz CT molecular complexity index is 532. The summed E-state index contributed by atoms with van der Waals surface area (Å²) in [5, 5.41) is 2.94. The second-order valence-electron chi connectivity index (χ2n) is 5.41. The summed E-state index contributed by atoms with van der Waals surface area (Å²) in [5.41, 5.74) is 2.49. The zero-order valence-corrected chi connectivity index (χ0v) is 13.2. The van der Waals surface area contributed by atoms with E-state index in [1.54, 1.807) is 12.2 Å². The number of amides is 1. The summed E-state index contributed by atoms with van der Waals surface area (Å²) < 4.78 is 5.40. The molecule has 0 spiro atoms. The summed E-state index contributed by atoms with van der Waals surface area (Å²) >= 11 is 0. The van der Waals surface area contributed by atoms with E-state index in [0.717, 1.165) is 32.8 Å². The van der Waals surface area contributed by atoms with E-state index in [1.807, 2.05) is 25.1 Å². The molecule has 1 aliphatic rings. The monoisotopic (exact) mass is 301 g/mol. The van der Waals surface area contributed by atoms with E-state index in [-0.39, 0.29) is 5.91 Å². The average molecular weight is 301 g/mol. The quantitative estimate of drug-likeness (QED) is 0.604. The van der Waals surface area contributed by atoms with Crippen molar-refractivity contribution in [3.8, 4) is 0 Å². The largest absolute Gasteiger partial charge is 0.370 e. The van der Waals surface area contributed by atoms with Crippen molar-refractivity contribution >= 4 is 5.91 Å². The molecule has 0 saturated carbocycles. The van der Waals surface area contributed by atoms with Gasteiger partial charge in [-0.1, -0.05) is 42.5 Å². The molecule has 0 radical (unpaired) electrons. The third-order valence-electron chi connectivity index (χ3n) is 3.76. The lowest BCUT2D eigenvalue weighted by Crippen LogP contribution is -3.12. The second kappa shape index (κ2) is 9.18. The van der Waals surface area contributed by atoms with Crippen LogP contribution < -0.4 is 10.2 Å². The molecule has 1 saturated heterocycles. The van der Waals surface area contributed by atoms with Crippen molar-refractivity contribution in [3.63, 3.8) is 0 Å². The van der Waals surface area contributed by atoms with Gasteiger partial charge in [-0.3, -0.25) is 4.79 Å². The SMILES string of the molecule is C/C=C/C=C/C(=O)NCc1ccccc1C[NH+]1CCOCC1. The van der Waals surface area contributed by atoms with Crippen LogP contribution in [-0.4, -0.2) is 32.2 Å². The number of benzene rings is 1. The highest BCUT2D eigenvalue weighted by Crippen LogP contribution is 2.07. The van der Waals surface area contributed by atoms with E-state index in [4.69, 9.17) is 4.74 Å². The highest BCUT2D eigenvalue weighted by molar-refractivity contribution is 5.87. The van der Waals surface area contributed by atoms with E-state index < -0.39 is 0 Å². The predicted molar refractivity (Wildman–Crippen MR) is 87.5 cm³/mol. The molecule has 0 bridgehead atoms. The molecule has 1 aliphatic heterocycles. The maximum Gasteiger partial charge on any atom is 0.244 e. The summed E-state index contributed by atoms with van der Waals surface area (Å²) in [6, 6.07) is 8.33. The Labute approximate surface area is 132 Å². The number of carbonyl (C=O) groups excluding carboxylic acids is 1. The number of nitrogens with one attached hydrogen (secondary N) is 2. The molecule has 22 heavy (non-hydrogen) atoms. The van der Waals surface area contributed by atoms with Crippen molar-refractivity contribution < 1.29 is 14.4 Å². The van der Waals surface area contributed by atoms with Gasteiger partial charge in [-0.2, -0.15) is 0 Å². The minimum atomic E-state index is -0.0633. The number of rotatable bonds is 6. The normalized spacial score (nSPS) is 16.4. The topological polar surface area (TPSA) is 42.8 Å². The minimum Gasteiger partial charge on any atom is -0.370 e. The third-order valence-corrected chi connectivity index (χ3v) is 3.76. The first kappa shape index (κ1) is 16.5. The van der Waals surface area contributed by atoms with Crippen LogP contribution in [0.25, 0.3) is 0 Å². The van der Waals surface area contributed by atoms with Gasteiger partial charge in [0.05, 0.1) is 13.2 Å². The van der Waals surface area contributed by atoms with Crippen LogP contribution >= 0.6 is 0 Å². The summed E-state index contributed by atoms with van der Waals surface area (Å²) in [4.78, 5) is 13.3. The van der Waals surface area contributed by atoms with Crippen LogP contribution in [-0.2, 0) is 22.6 Å². The van der Waals surface area contributed by atoms with Gasteiger partial charge in [0.2, 0.25) is 5.91 Å². The molecule has 4 nitrogen and oxygen atoms in total. The number of quaternary nitrogens is 1. The smallest absolute Gasteiger partial charge is 0.244 e. The number of allylic oxidation sites excluding steroid dienone is 3. The molecule has 0 aromatic heterocycles. The molecule has 1 amide bonds. The summed E-state index contributed by atoms with van der Waals surface area (Å²) in [5.74, 6) is -0.0633. The van der Waals surface area contributed by atoms with Crippen molar-refractivity contribution in [2.75, 3.05) is 26.3 Å².